The zero-order chi connectivity index (χ0) is 20.5. The maximum atomic E-state index is 12.4. The third kappa shape index (κ3) is 6.69. The van der Waals surface area contributed by atoms with Crippen LogP contribution < -0.4 is 10.6 Å². The highest BCUT2D eigenvalue weighted by atomic mass is 32.1. The number of carbonyl (C=O) groups excluding carboxylic acids is 3. The first-order chi connectivity index (χ1) is 14.1. The number of amides is 3. The Kier molecular flexibility index (Phi) is 7.77. The van der Waals surface area contributed by atoms with Crippen molar-refractivity contribution in [2.24, 2.45) is 0 Å². The first-order valence-corrected chi connectivity index (χ1v) is 10.6. The lowest BCUT2D eigenvalue weighted by Gasteiger charge is -2.22. The van der Waals surface area contributed by atoms with Gasteiger partial charge in [0, 0.05) is 32.7 Å². The lowest BCUT2D eigenvalue weighted by molar-refractivity contribution is -0.129. The van der Waals surface area contributed by atoms with Gasteiger partial charge in [-0.2, -0.15) is 0 Å². The van der Waals surface area contributed by atoms with Gasteiger partial charge >= 0.3 is 0 Å². The maximum absolute atomic E-state index is 12.4. The Morgan fingerprint density at radius 3 is 2.52 bits per heavy atom. The highest BCUT2D eigenvalue weighted by molar-refractivity contribution is 7.12. The molecule has 0 unspecified atom stereocenters. The molecule has 8 heteroatoms. The van der Waals surface area contributed by atoms with Crippen molar-refractivity contribution < 1.29 is 14.4 Å². The van der Waals surface area contributed by atoms with E-state index in [1.54, 1.807) is 17.0 Å². The molecule has 2 aromatic rings. The highest BCUT2D eigenvalue weighted by Crippen LogP contribution is 2.08. The second-order valence-corrected chi connectivity index (χ2v) is 7.88. The van der Waals surface area contributed by atoms with Gasteiger partial charge in [0.25, 0.3) is 5.91 Å². The van der Waals surface area contributed by atoms with Crippen LogP contribution in [0.1, 0.15) is 21.7 Å². The Morgan fingerprint density at radius 2 is 1.76 bits per heavy atom. The van der Waals surface area contributed by atoms with Crippen LogP contribution in [0.5, 0.6) is 0 Å². The number of hydrogen-bond acceptors (Lipinski definition) is 5. The van der Waals surface area contributed by atoms with Gasteiger partial charge in [-0.15, -0.1) is 11.3 Å². The summed E-state index contributed by atoms with van der Waals surface area (Å²) in [7, 11) is 0. The van der Waals surface area contributed by atoms with Gasteiger partial charge in [0.05, 0.1) is 18.0 Å². The van der Waals surface area contributed by atoms with E-state index in [2.05, 4.69) is 15.5 Å². The van der Waals surface area contributed by atoms with E-state index in [1.807, 2.05) is 35.7 Å². The van der Waals surface area contributed by atoms with E-state index >= 15 is 0 Å². The Balaban J connectivity index is 1.38. The smallest absolute Gasteiger partial charge is 0.261 e. The summed E-state index contributed by atoms with van der Waals surface area (Å²) in [6.07, 6.45) is 0.802. The van der Waals surface area contributed by atoms with E-state index in [9.17, 15) is 14.4 Å². The summed E-state index contributed by atoms with van der Waals surface area (Å²) < 4.78 is 0. The molecule has 2 N–H and O–H groups in total. The highest BCUT2D eigenvalue weighted by Gasteiger charge is 2.21. The molecule has 1 saturated heterocycles. The number of thiophene rings is 1. The van der Waals surface area contributed by atoms with Crippen molar-refractivity contribution in [2.45, 2.75) is 13.0 Å². The Labute approximate surface area is 174 Å². The fourth-order valence-electron chi connectivity index (χ4n) is 3.20. The standard InChI is InChI=1S/C21H26N4O3S/c26-19(22-14-17-6-2-1-3-7-17)16-24-9-5-10-25(12-11-24)20(27)15-23-21(28)18-8-4-13-29-18/h1-4,6-8,13H,5,9-12,14-16H2,(H,22,26)(H,23,28). The van der Waals surface area contributed by atoms with Crippen LogP contribution in [-0.2, 0) is 16.1 Å². The molecule has 0 atom stereocenters. The van der Waals surface area contributed by atoms with E-state index < -0.39 is 0 Å². The van der Waals surface area contributed by atoms with Gasteiger partial charge in [0.2, 0.25) is 11.8 Å². The molecular weight excluding hydrogens is 388 g/mol. The van der Waals surface area contributed by atoms with E-state index in [1.165, 1.54) is 11.3 Å². The molecule has 3 rings (SSSR count). The molecule has 154 valence electrons. The quantitative estimate of drug-likeness (QED) is 0.716. The third-order valence-electron chi connectivity index (χ3n) is 4.79. The monoisotopic (exact) mass is 414 g/mol. The summed E-state index contributed by atoms with van der Waals surface area (Å²) in [6.45, 7) is 3.43. The van der Waals surface area contributed by atoms with E-state index in [-0.39, 0.29) is 24.3 Å². The SMILES string of the molecule is O=C(CN1CCCN(C(=O)CNC(=O)c2cccs2)CC1)NCc1ccccc1. The average molecular weight is 415 g/mol. The van der Waals surface area contributed by atoms with Crippen molar-refractivity contribution in [1.29, 1.82) is 0 Å². The predicted octanol–water partition coefficient (Wildman–Crippen LogP) is 1.33. The Bertz CT molecular complexity index is 811. The van der Waals surface area contributed by atoms with Gasteiger partial charge in [-0.05, 0) is 23.4 Å². The topological polar surface area (TPSA) is 81.8 Å². The molecule has 1 fully saturated rings. The van der Waals surface area contributed by atoms with Crippen LogP contribution in [0.15, 0.2) is 47.8 Å². The van der Waals surface area contributed by atoms with Crippen LogP contribution >= 0.6 is 11.3 Å². The van der Waals surface area contributed by atoms with Crippen molar-refractivity contribution >= 4 is 29.1 Å². The Hall–Kier alpha value is -2.71. The average Bonchev–Trinajstić information content (AvgIpc) is 3.18. The summed E-state index contributed by atoms with van der Waals surface area (Å²) >= 11 is 1.35. The van der Waals surface area contributed by atoms with Crippen molar-refractivity contribution in [2.75, 3.05) is 39.3 Å². The molecule has 0 saturated carbocycles. The summed E-state index contributed by atoms with van der Waals surface area (Å²) in [5.41, 5.74) is 1.07. The molecule has 1 aromatic carbocycles. The van der Waals surface area contributed by atoms with Gasteiger partial charge in [-0.3, -0.25) is 19.3 Å². The maximum Gasteiger partial charge on any atom is 0.261 e. The van der Waals surface area contributed by atoms with E-state index in [4.69, 9.17) is 0 Å². The van der Waals surface area contributed by atoms with Gasteiger partial charge in [-0.25, -0.2) is 0 Å². The molecule has 3 amide bonds. The fraction of sp³-hybridized carbons (Fsp3) is 0.381. The molecule has 0 bridgehead atoms. The predicted molar refractivity (Wildman–Crippen MR) is 113 cm³/mol. The zero-order valence-electron chi connectivity index (χ0n) is 16.3. The molecule has 7 nitrogen and oxygen atoms in total. The summed E-state index contributed by atoms with van der Waals surface area (Å²) in [5, 5.41) is 7.45. The van der Waals surface area contributed by atoms with Crippen LogP contribution in [0.2, 0.25) is 0 Å². The molecule has 0 spiro atoms. The zero-order valence-corrected chi connectivity index (χ0v) is 17.1. The first kappa shape index (κ1) is 21.0. The number of benzene rings is 1. The van der Waals surface area contributed by atoms with Crippen LogP contribution in [0.4, 0.5) is 0 Å². The molecule has 29 heavy (non-hydrogen) atoms. The molecule has 1 aliphatic rings. The van der Waals surface area contributed by atoms with Crippen molar-refractivity contribution in [3.63, 3.8) is 0 Å². The third-order valence-corrected chi connectivity index (χ3v) is 5.65. The van der Waals surface area contributed by atoms with E-state index in [0.29, 0.717) is 37.6 Å². The molecule has 0 aliphatic carbocycles. The van der Waals surface area contributed by atoms with Crippen molar-refractivity contribution in [1.82, 2.24) is 20.4 Å². The molecule has 2 heterocycles. The second-order valence-electron chi connectivity index (χ2n) is 6.93. The number of carbonyl (C=O) groups is 3. The number of nitrogens with zero attached hydrogens (tertiary/aromatic N) is 2. The lowest BCUT2D eigenvalue weighted by Crippen LogP contribution is -2.42. The summed E-state index contributed by atoms with van der Waals surface area (Å²) in [6, 6.07) is 13.3. The van der Waals surface area contributed by atoms with Crippen LogP contribution in [0.3, 0.4) is 0 Å². The fourth-order valence-corrected chi connectivity index (χ4v) is 3.84. The molecular formula is C21H26N4O3S. The van der Waals surface area contributed by atoms with Crippen LogP contribution in [-0.4, -0.2) is 66.8 Å². The van der Waals surface area contributed by atoms with Crippen LogP contribution in [0.25, 0.3) is 0 Å². The second kappa shape index (κ2) is 10.7. The largest absolute Gasteiger partial charge is 0.351 e. The summed E-state index contributed by atoms with van der Waals surface area (Å²) in [4.78, 5) is 41.1. The van der Waals surface area contributed by atoms with E-state index in [0.717, 1.165) is 18.5 Å². The van der Waals surface area contributed by atoms with Crippen LogP contribution in [0, 0.1) is 0 Å². The van der Waals surface area contributed by atoms with Gasteiger partial charge in [0.1, 0.15) is 0 Å². The minimum absolute atomic E-state index is 0.00566. The normalized spacial score (nSPS) is 14.8. The molecule has 1 aromatic heterocycles. The minimum atomic E-state index is -0.222. The number of nitrogens with one attached hydrogen (secondary N) is 2. The minimum Gasteiger partial charge on any atom is -0.351 e. The Morgan fingerprint density at radius 1 is 0.931 bits per heavy atom. The van der Waals surface area contributed by atoms with Crippen molar-refractivity contribution in [3.05, 3.63) is 58.3 Å². The van der Waals surface area contributed by atoms with Crippen molar-refractivity contribution in [3.8, 4) is 0 Å². The van der Waals surface area contributed by atoms with Gasteiger partial charge in [0.15, 0.2) is 0 Å². The number of rotatable bonds is 7. The molecule has 0 radical (unpaired) electrons. The number of hydrogen-bond donors (Lipinski definition) is 2. The van der Waals surface area contributed by atoms with Gasteiger partial charge < -0.3 is 15.5 Å². The molecule has 1 aliphatic heterocycles. The summed E-state index contributed by atoms with van der Waals surface area (Å²) in [5.74, 6) is -0.331. The lowest BCUT2D eigenvalue weighted by atomic mass is 10.2. The first-order valence-electron chi connectivity index (χ1n) is 9.74. The van der Waals surface area contributed by atoms with Gasteiger partial charge in [-0.1, -0.05) is 36.4 Å².